The highest BCUT2D eigenvalue weighted by atomic mass is 16.4. The van der Waals surface area contributed by atoms with Gasteiger partial charge in [0.25, 0.3) is 0 Å². The molecule has 2 atom stereocenters. The van der Waals surface area contributed by atoms with Crippen LogP contribution in [0.2, 0.25) is 0 Å². The molecule has 1 aromatic rings. The van der Waals surface area contributed by atoms with Gasteiger partial charge in [0.2, 0.25) is 0 Å². The second kappa shape index (κ2) is 5.19. The van der Waals surface area contributed by atoms with Crippen molar-refractivity contribution < 1.29 is 5.21 Å². The molecule has 4 heteroatoms. The Morgan fingerprint density at radius 1 is 1.47 bits per heavy atom. The maximum absolute atomic E-state index is 8.55. The van der Waals surface area contributed by atoms with Gasteiger partial charge in [-0.1, -0.05) is 42.8 Å². The summed E-state index contributed by atoms with van der Waals surface area (Å²) in [5.74, 6) is 1.02. The monoisotopic (exact) mass is 233 g/mol. The molecule has 1 fully saturated rings. The first-order valence-corrected chi connectivity index (χ1v) is 6.04. The van der Waals surface area contributed by atoms with E-state index in [4.69, 9.17) is 10.9 Å². The molecule has 2 unspecified atom stereocenters. The van der Waals surface area contributed by atoms with Gasteiger partial charge in [-0.05, 0) is 17.9 Å². The predicted molar refractivity (Wildman–Crippen MR) is 68.0 cm³/mol. The van der Waals surface area contributed by atoms with Crippen LogP contribution in [0.25, 0.3) is 0 Å². The quantitative estimate of drug-likeness (QED) is 0.313. The summed E-state index contributed by atoms with van der Waals surface area (Å²) >= 11 is 0. The van der Waals surface area contributed by atoms with Crippen molar-refractivity contribution in [3.05, 3.63) is 35.4 Å². The van der Waals surface area contributed by atoms with E-state index in [-0.39, 0.29) is 5.84 Å². The normalized spacial score (nSPS) is 23.7. The van der Waals surface area contributed by atoms with Crippen molar-refractivity contribution in [1.29, 1.82) is 0 Å². The Balaban J connectivity index is 1.86. The molecule has 0 spiro atoms. The van der Waals surface area contributed by atoms with Gasteiger partial charge < -0.3 is 16.3 Å². The molecule has 4 N–H and O–H groups in total. The van der Waals surface area contributed by atoms with Gasteiger partial charge in [0.05, 0.1) is 0 Å². The van der Waals surface area contributed by atoms with Crippen LogP contribution in [0.1, 0.15) is 30.9 Å². The lowest BCUT2D eigenvalue weighted by Crippen LogP contribution is -2.18. The predicted octanol–water partition coefficient (Wildman–Crippen LogP) is 1.67. The number of nitrogens with zero attached hydrogens (tertiary/aromatic N) is 1. The third-order valence-corrected chi connectivity index (χ3v) is 3.37. The molecule has 0 bridgehead atoms. The number of amidine groups is 1. The summed E-state index contributed by atoms with van der Waals surface area (Å²) in [6.45, 7) is 3.12. The average Bonchev–Trinajstić information content (AvgIpc) is 3.14. The Bertz CT molecular complexity index is 400. The van der Waals surface area contributed by atoms with E-state index in [9.17, 15) is 0 Å². The van der Waals surface area contributed by atoms with Crippen molar-refractivity contribution in [2.24, 2.45) is 16.8 Å². The summed E-state index contributed by atoms with van der Waals surface area (Å²) < 4.78 is 0. The van der Waals surface area contributed by atoms with Crippen molar-refractivity contribution in [2.75, 3.05) is 0 Å². The Labute approximate surface area is 102 Å². The molecule has 4 nitrogen and oxygen atoms in total. The molecule has 0 saturated heterocycles. The minimum atomic E-state index is 0.151. The summed E-state index contributed by atoms with van der Waals surface area (Å²) in [7, 11) is 0. The fraction of sp³-hybridized carbons (Fsp3) is 0.462. The van der Waals surface area contributed by atoms with Crippen molar-refractivity contribution in [2.45, 2.75) is 32.4 Å². The van der Waals surface area contributed by atoms with Crippen LogP contribution >= 0.6 is 0 Å². The zero-order chi connectivity index (χ0) is 12.3. The molecule has 1 aromatic carbocycles. The number of hydrogen-bond donors (Lipinski definition) is 3. The molecule has 0 radical (unpaired) electrons. The smallest absolute Gasteiger partial charge is 0.170 e. The Morgan fingerprint density at radius 3 is 2.71 bits per heavy atom. The Kier molecular flexibility index (Phi) is 3.64. The minimum absolute atomic E-state index is 0.151. The first-order chi connectivity index (χ1) is 8.24. The second-order valence-electron chi connectivity index (χ2n) is 4.57. The number of nitrogens with two attached hydrogens (primary N) is 1. The van der Waals surface area contributed by atoms with Crippen LogP contribution in [0.15, 0.2) is 29.4 Å². The lowest BCUT2D eigenvalue weighted by atomic mass is 10.1. The molecule has 17 heavy (non-hydrogen) atoms. The lowest BCUT2D eigenvalue weighted by Gasteiger charge is -2.05. The molecular formula is C13H19N3O. The number of rotatable bonds is 5. The van der Waals surface area contributed by atoms with Gasteiger partial charge >= 0.3 is 0 Å². The van der Waals surface area contributed by atoms with Crippen LogP contribution in [0.5, 0.6) is 0 Å². The summed E-state index contributed by atoms with van der Waals surface area (Å²) in [5.41, 5.74) is 7.47. The van der Waals surface area contributed by atoms with Gasteiger partial charge in [0.1, 0.15) is 0 Å². The molecule has 1 aliphatic rings. The van der Waals surface area contributed by atoms with E-state index < -0.39 is 0 Å². The zero-order valence-corrected chi connectivity index (χ0v) is 10.1. The van der Waals surface area contributed by atoms with Crippen LogP contribution in [0, 0.1) is 5.92 Å². The molecule has 92 valence electrons. The molecule has 1 saturated carbocycles. The molecule has 1 aliphatic carbocycles. The Hall–Kier alpha value is -1.55. The van der Waals surface area contributed by atoms with Crippen LogP contribution in [0.3, 0.4) is 0 Å². The molecule has 0 amide bonds. The molecule has 0 aliphatic heterocycles. The number of benzene rings is 1. The van der Waals surface area contributed by atoms with Gasteiger partial charge in [-0.3, -0.25) is 0 Å². The minimum Gasteiger partial charge on any atom is -0.409 e. The third-order valence-electron chi connectivity index (χ3n) is 3.37. The van der Waals surface area contributed by atoms with Gasteiger partial charge in [0, 0.05) is 18.2 Å². The SMILES string of the molecule is CCC1CC1NCc1ccc(/C(N)=N/O)cc1. The van der Waals surface area contributed by atoms with E-state index in [1.165, 1.54) is 18.4 Å². The number of hydrogen-bond acceptors (Lipinski definition) is 3. The molecular weight excluding hydrogens is 214 g/mol. The van der Waals surface area contributed by atoms with Crippen LogP contribution in [0.4, 0.5) is 0 Å². The van der Waals surface area contributed by atoms with Gasteiger partial charge in [-0.25, -0.2) is 0 Å². The maximum Gasteiger partial charge on any atom is 0.170 e. The van der Waals surface area contributed by atoms with E-state index >= 15 is 0 Å². The number of nitrogens with one attached hydrogen (secondary N) is 1. The van der Waals surface area contributed by atoms with Gasteiger partial charge in [0.15, 0.2) is 5.84 Å². The molecule has 0 aromatic heterocycles. The summed E-state index contributed by atoms with van der Waals surface area (Å²) in [4.78, 5) is 0. The highest BCUT2D eigenvalue weighted by molar-refractivity contribution is 5.96. The first-order valence-electron chi connectivity index (χ1n) is 6.04. The second-order valence-corrected chi connectivity index (χ2v) is 4.57. The van der Waals surface area contributed by atoms with E-state index in [1.54, 1.807) is 0 Å². The van der Waals surface area contributed by atoms with Crippen molar-refractivity contribution in [3.63, 3.8) is 0 Å². The van der Waals surface area contributed by atoms with Gasteiger partial charge in [-0.15, -0.1) is 0 Å². The standard InChI is InChI=1S/C13H19N3O/c1-2-10-7-12(10)15-8-9-3-5-11(6-4-9)13(14)16-17/h3-6,10,12,15,17H,2,7-8H2,1H3,(H2,14,16). The average molecular weight is 233 g/mol. The highest BCUT2D eigenvalue weighted by Crippen LogP contribution is 2.33. The van der Waals surface area contributed by atoms with Crippen molar-refractivity contribution in [3.8, 4) is 0 Å². The molecule has 0 heterocycles. The van der Waals surface area contributed by atoms with Crippen LogP contribution in [-0.4, -0.2) is 17.1 Å². The molecule has 2 rings (SSSR count). The van der Waals surface area contributed by atoms with Crippen molar-refractivity contribution >= 4 is 5.84 Å². The first kappa shape index (κ1) is 11.9. The van der Waals surface area contributed by atoms with E-state index in [1.807, 2.05) is 24.3 Å². The third kappa shape index (κ3) is 2.97. The van der Waals surface area contributed by atoms with Gasteiger partial charge in [-0.2, -0.15) is 0 Å². The van der Waals surface area contributed by atoms with E-state index in [0.717, 1.165) is 18.0 Å². The summed E-state index contributed by atoms with van der Waals surface area (Å²) in [5, 5.41) is 15.0. The Morgan fingerprint density at radius 2 is 2.18 bits per heavy atom. The zero-order valence-electron chi connectivity index (χ0n) is 10.1. The lowest BCUT2D eigenvalue weighted by molar-refractivity contribution is 0.318. The fourth-order valence-electron chi connectivity index (χ4n) is 2.05. The van der Waals surface area contributed by atoms with Crippen molar-refractivity contribution in [1.82, 2.24) is 5.32 Å². The highest BCUT2D eigenvalue weighted by Gasteiger charge is 2.34. The summed E-state index contributed by atoms with van der Waals surface area (Å²) in [6.07, 6.45) is 2.57. The van der Waals surface area contributed by atoms with Crippen LogP contribution < -0.4 is 11.1 Å². The van der Waals surface area contributed by atoms with Crippen LogP contribution in [-0.2, 0) is 6.54 Å². The fourth-order valence-corrected chi connectivity index (χ4v) is 2.05. The largest absolute Gasteiger partial charge is 0.409 e. The maximum atomic E-state index is 8.55. The van der Waals surface area contributed by atoms with E-state index in [0.29, 0.717) is 6.04 Å². The number of oxime groups is 1. The topological polar surface area (TPSA) is 70.6 Å². The van der Waals surface area contributed by atoms with E-state index in [2.05, 4.69) is 17.4 Å². The summed E-state index contributed by atoms with van der Waals surface area (Å²) in [6, 6.07) is 8.45.